The Morgan fingerprint density at radius 3 is 2.64 bits per heavy atom. The molecule has 0 bridgehead atoms. The van der Waals surface area contributed by atoms with Crippen molar-refractivity contribution in [3.8, 4) is 0 Å². The summed E-state index contributed by atoms with van der Waals surface area (Å²) in [7, 11) is 1.71. The molecule has 28 heavy (non-hydrogen) atoms. The van der Waals surface area contributed by atoms with Crippen LogP contribution in [0.15, 0.2) is 23.2 Å². The Morgan fingerprint density at radius 2 is 2.07 bits per heavy atom. The van der Waals surface area contributed by atoms with Crippen molar-refractivity contribution in [2.45, 2.75) is 71.3 Å². The summed E-state index contributed by atoms with van der Waals surface area (Å²) in [6, 6.07) is 4.86. The summed E-state index contributed by atoms with van der Waals surface area (Å²) in [6.45, 7) is 5.31. The van der Waals surface area contributed by atoms with Crippen LogP contribution in [0, 0.1) is 23.2 Å². The minimum atomic E-state index is -2.29. The SMILES string of the molecule is [2H]C1([2H])OC(N)=NC12c1cc(C([2H])([2H])C([2H])([2H])C(C)C)ccc1C[C@@]21C[C@@H](C)[C@H](OC)[C@@H](C)C1. The van der Waals surface area contributed by atoms with E-state index in [0.29, 0.717) is 24.8 Å². The van der Waals surface area contributed by atoms with Crippen LogP contribution < -0.4 is 5.73 Å². The summed E-state index contributed by atoms with van der Waals surface area (Å²) in [5.41, 5.74) is 5.52. The maximum atomic E-state index is 8.95. The Morgan fingerprint density at radius 1 is 1.36 bits per heavy atom. The van der Waals surface area contributed by atoms with Crippen molar-refractivity contribution in [3.63, 3.8) is 0 Å². The second-order valence-electron chi connectivity index (χ2n) is 9.18. The molecule has 0 saturated heterocycles. The number of aliphatic imine (C=N–C) groups is 1. The van der Waals surface area contributed by atoms with Gasteiger partial charge in [0, 0.05) is 18.0 Å². The summed E-state index contributed by atoms with van der Waals surface area (Å²) in [5.74, 6) is -0.264. The minimum Gasteiger partial charge on any atom is -0.462 e. The van der Waals surface area contributed by atoms with Crippen molar-refractivity contribution >= 4 is 6.02 Å². The number of ether oxygens (including phenoxy) is 2. The number of nitrogens with zero attached hydrogens (tertiary/aromatic N) is 1. The lowest BCUT2D eigenvalue weighted by atomic mass is 9.57. The molecule has 1 aliphatic heterocycles. The van der Waals surface area contributed by atoms with Crippen LogP contribution in [0.2, 0.25) is 0 Å². The van der Waals surface area contributed by atoms with Gasteiger partial charge in [-0.05, 0) is 66.5 Å². The van der Waals surface area contributed by atoms with Gasteiger partial charge in [-0.25, -0.2) is 4.99 Å². The molecule has 4 nitrogen and oxygen atoms in total. The smallest absolute Gasteiger partial charge is 0.283 e. The zero-order valence-electron chi connectivity index (χ0n) is 23.5. The fourth-order valence-electron chi connectivity index (χ4n) is 5.84. The van der Waals surface area contributed by atoms with E-state index in [2.05, 4.69) is 18.8 Å². The third kappa shape index (κ3) is 2.96. The Labute approximate surface area is 178 Å². The van der Waals surface area contributed by atoms with Gasteiger partial charge in [0.05, 0.1) is 8.85 Å². The average Bonchev–Trinajstić information content (AvgIpc) is 3.11. The molecule has 4 heteroatoms. The van der Waals surface area contributed by atoms with Gasteiger partial charge in [0.2, 0.25) is 0 Å². The van der Waals surface area contributed by atoms with Crippen LogP contribution in [0.1, 0.15) is 71.8 Å². The van der Waals surface area contributed by atoms with Gasteiger partial charge in [-0.1, -0.05) is 45.9 Å². The normalized spacial score (nSPS) is 42.8. The zero-order valence-corrected chi connectivity index (χ0v) is 17.5. The van der Waals surface area contributed by atoms with Crippen molar-refractivity contribution < 1.29 is 17.7 Å². The third-order valence-corrected chi connectivity index (χ3v) is 6.70. The molecular formula is C24H36N2O2. The second kappa shape index (κ2) is 7.05. The molecule has 2 spiro atoms. The fourth-order valence-corrected chi connectivity index (χ4v) is 5.84. The number of rotatable bonds is 4. The highest BCUT2D eigenvalue weighted by Crippen LogP contribution is 2.63. The quantitative estimate of drug-likeness (QED) is 0.827. The van der Waals surface area contributed by atoms with Crippen molar-refractivity contribution in [2.75, 3.05) is 13.7 Å². The minimum absolute atomic E-state index is 0.0453. The standard InChI is InChI=1S/C24H36N2O2/c1-15(2)6-7-18-8-9-19-13-23(11-16(3)21(27-5)17(4)12-23)24(20(19)10-18)14-28-22(25)26-24/h8-10,15-17,21H,6-7,11-14H2,1-5H3,(H2,25,26)/t16-,17+,21+,23+,24?/i6D2,7D2,14D2. The molecule has 1 aromatic carbocycles. The first-order valence-corrected chi connectivity index (χ1v) is 10.3. The Balaban J connectivity index is 1.93. The van der Waals surface area contributed by atoms with Crippen LogP contribution in [-0.4, -0.2) is 25.8 Å². The third-order valence-electron chi connectivity index (χ3n) is 6.70. The molecule has 5 atom stereocenters. The summed E-state index contributed by atoms with van der Waals surface area (Å²) in [6.07, 6.45) is -2.50. The van der Waals surface area contributed by atoms with E-state index in [0.717, 1.165) is 5.56 Å². The molecule has 0 amide bonds. The van der Waals surface area contributed by atoms with Crippen LogP contribution in [0.3, 0.4) is 0 Å². The van der Waals surface area contributed by atoms with Gasteiger partial charge in [-0.15, -0.1) is 0 Å². The van der Waals surface area contributed by atoms with Crippen LogP contribution >= 0.6 is 0 Å². The van der Waals surface area contributed by atoms with E-state index in [-0.39, 0.29) is 29.5 Å². The van der Waals surface area contributed by atoms with Gasteiger partial charge in [0.15, 0.2) is 0 Å². The van der Waals surface area contributed by atoms with E-state index in [1.165, 1.54) is 0 Å². The van der Waals surface area contributed by atoms with E-state index in [1.54, 1.807) is 33.1 Å². The Hall–Kier alpha value is -1.55. The molecule has 1 heterocycles. The monoisotopic (exact) mass is 390 g/mol. The van der Waals surface area contributed by atoms with Crippen LogP contribution in [-0.2, 0) is 27.8 Å². The molecule has 4 rings (SSSR count). The molecule has 1 fully saturated rings. The lowest BCUT2D eigenvalue weighted by Gasteiger charge is -2.50. The number of hydrogen-bond donors (Lipinski definition) is 1. The molecule has 3 aliphatic rings. The molecule has 2 aliphatic carbocycles. The van der Waals surface area contributed by atoms with Crippen molar-refractivity contribution in [3.05, 3.63) is 34.9 Å². The first kappa shape index (κ1) is 13.6. The Bertz CT molecular complexity index is 999. The van der Waals surface area contributed by atoms with E-state index in [1.807, 2.05) is 6.07 Å². The van der Waals surface area contributed by atoms with Crippen molar-refractivity contribution in [1.82, 2.24) is 0 Å². The second-order valence-corrected chi connectivity index (χ2v) is 9.18. The van der Waals surface area contributed by atoms with Gasteiger partial charge in [-0.2, -0.15) is 0 Å². The summed E-state index contributed by atoms with van der Waals surface area (Å²) in [5, 5.41) is 0. The van der Waals surface area contributed by atoms with Gasteiger partial charge in [0.1, 0.15) is 12.1 Å². The Kier molecular flexibility index (Phi) is 3.43. The summed E-state index contributed by atoms with van der Waals surface area (Å²) < 4.78 is 63.4. The topological polar surface area (TPSA) is 56.8 Å². The number of aryl methyl sites for hydroxylation is 1. The highest BCUT2D eigenvalue weighted by molar-refractivity contribution is 5.75. The summed E-state index contributed by atoms with van der Waals surface area (Å²) >= 11 is 0. The van der Waals surface area contributed by atoms with Crippen molar-refractivity contribution in [2.24, 2.45) is 33.9 Å². The van der Waals surface area contributed by atoms with Crippen LogP contribution in [0.5, 0.6) is 0 Å². The molecule has 1 saturated carbocycles. The highest BCUT2D eigenvalue weighted by atomic mass is 16.5. The maximum Gasteiger partial charge on any atom is 0.283 e. The number of amidine groups is 1. The number of benzene rings is 1. The average molecular weight is 391 g/mol. The predicted octanol–water partition coefficient (Wildman–Crippen LogP) is 4.44. The first-order chi connectivity index (χ1) is 15.6. The van der Waals surface area contributed by atoms with Crippen LogP contribution in [0.4, 0.5) is 0 Å². The first-order valence-electron chi connectivity index (χ1n) is 13.3. The highest BCUT2D eigenvalue weighted by Gasteiger charge is 2.63. The van der Waals surface area contributed by atoms with E-state index >= 15 is 0 Å². The number of methoxy groups -OCH3 is 1. The summed E-state index contributed by atoms with van der Waals surface area (Å²) in [4.78, 5) is 4.67. The number of fused-ring (bicyclic) bond motifs is 3. The van der Waals surface area contributed by atoms with E-state index in [9.17, 15) is 0 Å². The molecule has 0 radical (unpaired) electrons. The number of hydrogen-bond acceptors (Lipinski definition) is 4. The zero-order chi connectivity index (χ0) is 25.5. The molecule has 0 aromatic heterocycles. The number of nitrogens with two attached hydrogens (primary N) is 1. The van der Waals surface area contributed by atoms with Crippen LogP contribution in [0.25, 0.3) is 0 Å². The van der Waals surface area contributed by atoms with E-state index < -0.39 is 36.2 Å². The van der Waals surface area contributed by atoms with E-state index in [4.69, 9.17) is 23.4 Å². The van der Waals surface area contributed by atoms with Gasteiger partial charge in [0.25, 0.3) is 6.02 Å². The molecule has 154 valence electrons. The lowest BCUT2D eigenvalue weighted by Crippen LogP contribution is -2.51. The van der Waals surface area contributed by atoms with Gasteiger partial charge in [-0.3, -0.25) is 0 Å². The molecule has 1 aromatic rings. The molecular weight excluding hydrogens is 348 g/mol. The predicted molar refractivity (Wildman–Crippen MR) is 113 cm³/mol. The van der Waals surface area contributed by atoms with Gasteiger partial charge < -0.3 is 15.2 Å². The fraction of sp³-hybridized carbons (Fsp3) is 0.708. The lowest BCUT2D eigenvalue weighted by molar-refractivity contribution is -0.0779. The van der Waals surface area contributed by atoms with Gasteiger partial charge >= 0.3 is 0 Å². The molecule has 2 N–H and O–H groups in total. The maximum absolute atomic E-state index is 8.95. The molecule has 1 unspecified atom stereocenters. The van der Waals surface area contributed by atoms with Crippen molar-refractivity contribution in [1.29, 1.82) is 0 Å². The largest absolute Gasteiger partial charge is 0.462 e.